The van der Waals surface area contributed by atoms with Crippen LogP contribution in [-0.4, -0.2) is 13.9 Å². The molecule has 0 saturated carbocycles. The Labute approximate surface area is 169 Å². The van der Waals surface area contributed by atoms with Crippen LogP contribution in [0, 0.1) is 10.1 Å². The van der Waals surface area contributed by atoms with E-state index in [0.717, 1.165) is 27.0 Å². The number of nitro groups is 1. The van der Waals surface area contributed by atoms with Gasteiger partial charge in [-0.3, -0.25) is 23.9 Å². The standard InChI is InChI=1S/C22H15N3O3S/c1-23-20-14-8-2-3-9-15(14)22(29-19-13-7-6-12-18(19)25(27)28)24(20)17-11-5-4-10-16(17)21(23)26/h2-13H,1H3. The molecular formula is C22H15N3O3S. The molecule has 29 heavy (non-hydrogen) atoms. The number of benzene rings is 3. The van der Waals surface area contributed by atoms with Crippen LogP contribution in [0.2, 0.25) is 0 Å². The van der Waals surface area contributed by atoms with Crippen LogP contribution in [0.25, 0.3) is 27.3 Å². The van der Waals surface area contributed by atoms with Crippen LogP contribution in [-0.2, 0) is 7.05 Å². The molecule has 6 nitrogen and oxygen atoms in total. The number of hydrogen-bond donors (Lipinski definition) is 0. The minimum absolute atomic E-state index is 0.0608. The summed E-state index contributed by atoms with van der Waals surface area (Å²) in [6.45, 7) is 0. The van der Waals surface area contributed by atoms with Crippen molar-refractivity contribution in [3.8, 4) is 0 Å². The van der Waals surface area contributed by atoms with Gasteiger partial charge < -0.3 is 0 Å². The first-order valence-corrected chi connectivity index (χ1v) is 9.81. The summed E-state index contributed by atoms with van der Waals surface area (Å²) >= 11 is 1.34. The first kappa shape index (κ1) is 17.5. The van der Waals surface area contributed by atoms with E-state index in [9.17, 15) is 14.9 Å². The number of hydrogen-bond acceptors (Lipinski definition) is 4. The number of nitro benzene ring substituents is 1. The zero-order valence-corrected chi connectivity index (χ0v) is 16.2. The van der Waals surface area contributed by atoms with Crippen molar-refractivity contribution < 1.29 is 4.92 Å². The van der Waals surface area contributed by atoms with Crippen LogP contribution < -0.4 is 5.56 Å². The minimum atomic E-state index is -0.367. The van der Waals surface area contributed by atoms with Crippen molar-refractivity contribution >= 4 is 44.8 Å². The SMILES string of the molecule is Cn1c(=O)c2ccccc2n2c(Sc3ccccc3[N+](=O)[O-])c3ccccc3c12. The summed E-state index contributed by atoms with van der Waals surface area (Å²) in [4.78, 5) is 24.7. The maximum atomic E-state index is 13.0. The topological polar surface area (TPSA) is 69.5 Å². The third-order valence-corrected chi connectivity index (χ3v) is 6.24. The first-order chi connectivity index (χ1) is 14.1. The highest BCUT2D eigenvalue weighted by atomic mass is 32.2. The lowest BCUT2D eigenvalue weighted by Crippen LogP contribution is -2.19. The van der Waals surface area contributed by atoms with Crippen LogP contribution in [0.5, 0.6) is 0 Å². The van der Waals surface area contributed by atoms with Gasteiger partial charge in [-0.15, -0.1) is 0 Å². The van der Waals surface area contributed by atoms with Gasteiger partial charge in [-0.2, -0.15) is 0 Å². The maximum Gasteiger partial charge on any atom is 0.283 e. The Bertz CT molecular complexity index is 1500. The molecule has 0 spiro atoms. The van der Waals surface area contributed by atoms with Gasteiger partial charge in [-0.25, -0.2) is 0 Å². The summed E-state index contributed by atoms with van der Waals surface area (Å²) in [5, 5.41) is 14.9. The van der Waals surface area contributed by atoms with Crippen LogP contribution in [0.15, 0.2) is 87.5 Å². The Morgan fingerprint density at radius 3 is 2.24 bits per heavy atom. The Kier molecular flexibility index (Phi) is 3.92. The van der Waals surface area contributed by atoms with Crippen molar-refractivity contribution in [2.75, 3.05) is 0 Å². The van der Waals surface area contributed by atoms with E-state index in [-0.39, 0.29) is 16.2 Å². The normalized spacial score (nSPS) is 11.5. The molecule has 142 valence electrons. The Morgan fingerprint density at radius 1 is 0.862 bits per heavy atom. The van der Waals surface area contributed by atoms with Gasteiger partial charge in [0.05, 0.1) is 25.7 Å². The van der Waals surface area contributed by atoms with Crippen molar-refractivity contribution in [1.29, 1.82) is 0 Å². The van der Waals surface area contributed by atoms with Gasteiger partial charge in [-0.1, -0.05) is 60.3 Å². The highest BCUT2D eigenvalue weighted by Crippen LogP contribution is 2.41. The third kappa shape index (κ3) is 2.55. The quantitative estimate of drug-likeness (QED) is 0.315. The lowest BCUT2D eigenvalue weighted by atomic mass is 10.2. The Balaban J connectivity index is 1.95. The van der Waals surface area contributed by atoms with Crippen LogP contribution in [0.1, 0.15) is 0 Å². The summed E-state index contributed by atoms with van der Waals surface area (Å²) in [6.07, 6.45) is 0. The van der Waals surface area contributed by atoms with Crippen molar-refractivity contribution in [3.63, 3.8) is 0 Å². The van der Waals surface area contributed by atoms with Gasteiger partial charge in [0.2, 0.25) is 0 Å². The largest absolute Gasteiger partial charge is 0.296 e. The molecule has 5 aromatic rings. The maximum absolute atomic E-state index is 13.0. The Hall–Kier alpha value is -3.58. The fourth-order valence-electron chi connectivity index (χ4n) is 3.78. The molecule has 0 saturated heterocycles. The molecule has 2 aromatic heterocycles. The molecule has 0 aliphatic rings. The molecule has 7 heteroatoms. The molecule has 0 radical (unpaired) electrons. The minimum Gasteiger partial charge on any atom is -0.296 e. The van der Waals surface area contributed by atoms with Crippen LogP contribution >= 0.6 is 11.8 Å². The fourth-order valence-corrected chi connectivity index (χ4v) is 4.95. The monoisotopic (exact) mass is 401 g/mol. The first-order valence-electron chi connectivity index (χ1n) is 9.00. The van der Waals surface area contributed by atoms with Crippen molar-refractivity contribution in [2.24, 2.45) is 7.05 Å². The van der Waals surface area contributed by atoms with E-state index in [1.54, 1.807) is 35.9 Å². The number of fused-ring (bicyclic) bond motifs is 5. The van der Waals surface area contributed by atoms with Crippen LogP contribution in [0.4, 0.5) is 5.69 Å². The lowest BCUT2D eigenvalue weighted by Gasteiger charge is -2.10. The molecule has 0 aliphatic carbocycles. The molecule has 0 bridgehead atoms. The highest BCUT2D eigenvalue weighted by molar-refractivity contribution is 7.99. The lowest BCUT2D eigenvalue weighted by molar-refractivity contribution is -0.387. The third-order valence-electron chi connectivity index (χ3n) is 5.08. The van der Waals surface area contributed by atoms with E-state index < -0.39 is 0 Å². The number of aryl methyl sites for hydroxylation is 1. The van der Waals surface area contributed by atoms with Gasteiger partial charge in [0.25, 0.3) is 11.2 Å². The molecule has 0 fully saturated rings. The second kappa shape index (κ2) is 6.49. The van der Waals surface area contributed by atoms with Gasteiger partial charge in [0, 0.05) is 23.9 Å². The molecular weight excluding hydrogens is 386 g/mol. The molecule has 0 atom stereocenters. The molecule has 0 N–H and O–H groups in total. The molecule has 3 aromatic carbocycles. The average molecular weight is 401 g/mol. The molecule has 0 amide bonds. The number of aromatic nitrogens is 2. The number of rotatable bonds is 3. The van der Waals surface area contributed by atoms with Gasteiger partial charge in [0.1, 0.15) is 5.65 Å². The molecule has 0 aliphatic heterocycles. The zero-order chi connectivity index (χ0) is 20.1. The van der Waals surface area contributed by atoms with E-state index >= 15 is 0 Å². The van der Waals surface area contributed by atoms with E-state index in [1.807, 2.05) is 46.9 Å². The second-order valence-corrected chi connectivity index (χ2v) is 7.75. The molecule has 5 rings (SSSR count). The average Bonchev–Trinajstić information content (AvgIpc) is 3.07. The highest BCUT2D eigenvalue weighted by Gasteiger charge is 2.21. The molecule has 0 unspecified atom stereocenters. The van der Waals surface area contributed by atoms with Crippen molar-refractivity contribution in [1.82, 2.24) is 8.97 Å². The van der Waals surface area contributed by atoms with Gasteiger partial charge in [-0.05, 0) is 18.2 Å². The summed E-state index contributed by atoms with van der Waals surface area (Å²) < 4.78 is 3.68. The van der Waals surface area contributed by atoms with Crippen molar-refractivity contribution in [3.05, 3.63) is 93.3 Å². The summed E-state index contributed by atoms with van der Waals surface area (Å²) in [7, 11) is 1.76. The number of nitrogens with zero attached hydrogens (tertiary/aromatic N) is 3. The second-order valence-electron chi connectivity index (χ2n) is 6.72. The Morgan fingerprint density at radius 2 is 1.48 bits per heavy atom. The predicted octanol–water partition coefficient (Wildman–Crippen LogP) is 5.00. The van der Waals surface area contributed by atoms with E-state index in [2.05, 4.69) is 0 Å². The molecule has 2 heterocycles. The van der Waals surface area contributed by atoms with Gasteiger partial charge >= 0.3 is 0 Å². The van der Waals surface area contributed by atoms with Crippen LogP contribution in [0.3, 0.4) is 0 Å². The number of para-hydroxylation sites is 2. The summed E-state index contributed by atoms with van der Waals surface area (Å²) in [5.74, 6) is 0. The van der Waals surface area contributed by atoms with E-state index in [0.29, 0.717) is 10.3 Å². The van der Waals surface area contributed by atoms with Gasteiger partial charge in [0.15, 0.2) is 0 Å². The van der Waals surface area contributed by atoms with E-state index in [4.69, 9.17) is 0 Å². The summed E-state index contributed by atoms with van der Waals surface area (Å²) in [6, 6.07) is 22.0. The fraction of sp³-hybridized carbons (Fsp3) is 0.0455. The summed E-state index contributed by atoms with van der Waals surface area (Å²) in [5.41, 5.74) is 1.54. The predicted molar refractivity (Wildman–Crippen MR) is 115 cm³/mol. The smallest absolute Gasteiger partial charge is 0.283 e. The van der Waals surface area contributed by atoms with Crippen molar-refractivity contribution in [2.45, 2.75) is 9.92 Å². The van der Waals surface area contributed by atoms with E-state index in [1.165, 1.54) is 17.8 Å². The zero-order valence-electron chi connectivity index (χ0n) is 15.4.